The molecule has 1 heterocycles. The van der Waals surface area contributed by atoms with Crippen LogP contribution in [-0.4, -0.2) is 24.5 Å². The number of nitrogens with one attached hydrogen (secondary N) is 1. The normalized spacial score (nSPS) is 13.4. The second kappa shape index (κ2) is 8.28. The van der Waals surface area contributed by atoms with E-state index in [0.29, 0.717) is 6.54 Å². The topological polar surface area (TPSA) is 41.6 Å². The van der Waals surface area contributed by atoms with Crippen LogP contribution < -0.4 is 10.1 Å². The van der Waals surface area contributed by atoms with Gasteiger partial charge in [-0.3, -0.25) is 9.69 Å². The van der Waals surface area contributed by atoms with Crippen molar-refractivity contribution >= 4 is 5.91 Å². The SMILES string of the molecule is COc1cccc2c1CN(CC(=O)NC(c1ccccc1)c1ccccc1)C2. The zero-order valence-corrected chi connectivity index (χ0v) is 16.0. The minimum Gasteiger partial charge on any atom is -0.496 e. The first-order valence-corrected chi connectivity index (χ1v) is 9.51. The van der Waals surface area contributed by atoms with Crippen LogP contribution in [0, 0.1) is 0 Å². The summed E-state index contributed by atoms with van der Waals surface area (Å²) >= 11 is 0. The Bertz CT molecular complexity index is 902. The third-order valence-corrected chi connectivity index (χ3v) is 5.16. The molecule has 28 heavy (non-hydrogen) atoms. The van der Waals surface area contributed by atoms with Crippen molar-refractivity contribution in [2.24, 2.45) is 0 Å². The first-order chi connectivity index (χ1) is 13.7. The van der Waals surface area contributed by atoms with E-state index in [9.17, 15) is 4.79 Å². The predicted octanol–water partition coefficient (Wildman–Crippen LogP) is 3.92. The van der Waals surface area contributed by atoms with Crippen LogP contribution in [0.5, 0.6) is 5.75 Å². The zero-order valence-electron chi connectivity index (χ0n) is 16.0. The van der Waals surface area contributed by atoms with Crippen LogP contribution in [0.1, 0.15) is 28.3 Å². The number of carbonyl (C=O) groups excluding carboxylic acids is 1. The Morgan fingerprint density at radius 2 is 1.57 bits per heavy atom. The van der Waals surface area contributed by atoms with Crippen molar-refractivity contribution in [3.8, 4) is 5.75 Å². The molecule has 4 heteroatoms. The standard InChI is InChI=1S/C24H24N2O2/c1-28-22-14-8-13-20-15-26(16-21(20)22)17-23(27)25-24(18-9-4-2-5-10-18)19-11-6-3-7-12-19/h2-14,24H,15-17H2,1H3,(H,25,27). The van der Waals surface area contributed by atoms with Gasteiger partial charge in [0.05, 0.1) is 19.7 Å². The van der Waals surface area contributed by atoms with Gasteiger partial charge in [0.15, 0.2) is 0 Å². The molecule has 0 saturated heterocycles. The molecule has 3 aromatic carbocycles. The highest BCUT2D eigenvalue weighted by atomic mass is 16.5. The van der Waals surface area contributed by atoms with Crippen LogP contribution in [0.15, 0.2) is 78.9 Å². The minimum atomic E-state index is -0.158. The van der Waals surface area contributed by atoms with E-state index in [1.54, 1.807) is 7.11 Å². The Balaban J connectivity index is 1.47. The molecule has 142 valence electrons. The van der Waals surface area contributed by atoms with E-state index in [0.717, 1.165) is 30.0 Å². The van der Waals surface area contributed by atoms with Gasteiger partial charge in [0, 0.05) is 18.7 Å². The summed E-state index contributed by atoms with van der Waals surface area (Å²) in [6, 6.07) is 26.1. The molecule has 4 rings (SSSR count). The monoisotopic (exact) mass is 372 g/mol. The fourth-order valence-electron chi connectivity index (χ4n) is 3.82. The molecule has 0 radical (unpaired) electrons. The summed E-state index contributed by atoms with van der Waals surface area (Å²) in [5, 5.41) is 3.22. The summed E-state index contributed by atoms with van der Waals surface area (Å²) in [6.45, 7) is 1.85. The Morgan fingerprint density at radius 3 is 2.18 bits per heavy atom. The van der Waals surface area contributed by atoms with E-state index < -0.39 is 0 Å². The molecule has 0 unspecified atom stereocenters. The Labute approximate surface area is 165 Å². The van der Waals surface area contributed by atoms with Crippen molar-refractivity contribution < 1.29 is 9.53 Å². The van der Waals surface area contributed by atoms with Gasteiger partial charge in [-0.05, 0) is 22.8 Å². The minimum absolute atomic E-state index is 0.0180. The van der Waals surface area contributed by atoms with Gasteiger partial charge in [-0.15, -0.1) is 0 Å². The van der Waals surface area contributed by atoms with Crippen LogP contribution in [0.4, 0.5) is 0 Å². The molecule has 0 atom stereocenters. The van der Waals surface area contributed by atoms with E-state index in [-0.39, 0.29) is 11.9 Å². The van der Waals surface area contributed by atoms with Crippen LogP contribution in [0.3, 0.4) is 0 Å². The number of benzene rings is 3. The zero-order chi connectivity index (χ0) is 19.3. The number of fused-ring (bicyclic) bond motifs is 1. The molecule has 1 amide bonds. The number of hydrogen-bond acceptors (Lipinski definition) is 3. The van der Waals surface area contributed by atoms with Crippen molar-refractivity contribution in [1.82, 2.24) is 10.2 Å². The van der Waals surface area contributed by atoms with Crippen molar-refractivity contribution in [2.45, 2.75) is 19.1 Å². The number of rotatable bonds is 6. The van der Waals surface area contributed by atoms with Gasteiger partial charge >= 0.3 is 0 Å². The van der Waals surface area contributed by atoms with E-state index in [2.05, 4.69) is 40.5 Å². The highest BCUT2D eigenvalue weighted by molar-refractivity contribution is 5.79. The highest BCUT2D eigenvalue weighted by Gasteiger charge is 2.25. The molecule has 0 fully saturated rings. The largest absolute Gasteiger partial charge is 0.496 e. The average Bonchev–Trinajstić information content (AvgIpc) is 3.15. The summed E-state index contributed by atoms with van der Waals surface area (Å²) in [6.07, 6.45) is 0. The molecule has 4 nitrogen and oxygen atoms in total. The predicted molar refractivity (Wildman–Crippen MR) is 110 cm³/mol. The second-order valence-electron chi connectivity index (χ2n) is 7.07. The number of carbonyl (C=O) groups is 1. The van der Waals surface area contributed by atoms with Gasteiger partial charge in [0.2, 0.25) is 5.91 Å². The molecule has 1 aliphatic heterocycles. The lowest BCUT2D eigenvalue weighted by Crippen LogP contribution is -2.37. The lowest BCUT2D eigenvalue weighted by Gasteiger charge is -2.22. The Kier molecular flexibility index (Phi) is 5.40. The number of hydrogen-bond donors (Lipinski definition) is 1. The molecule has 0 saturated carbocycles. The van der Waals surface area contributed by atoms with Gasteiger partial charge in [-0.1, -0.05) is 72.8 Å². The summed E-state index contributed by atoms with van der Waals surface area (Å²) in [7, 11) is 1.69. The average molecular weight is 372 g/mol. The lowest BCUT2D eigenvalue weighted by atomic mass is 9.99. The molecule has 3 aromatic rings. The van der Waals surface area contributed by atoms with E-state index in [1.165, 1.54) is 11.1 Å². The van der Waals surface area contributed by atoms with Crippen molar-refractivity contribution in [1.29, 1.82) is 0 Å². The first kappa shape index (κ1) is 18.3. The molecular weight excluding hydrogens is 348 g/mol. The fraction of sp³-hybridized carbons (Fsp3) is 0.208. The number of methoxy groups -OCH3 is 1. The summed E-state index contributed by atoms with van der Waals surface area (Å²) in [4.78, 5) is 15.0. The van der Waals surface area contributed by atoms with E-state index in [4.69, 9.17) is 4.74 Å². The number of ether oxygens (including phenoxy) is 1. The maximum atomic E-state index is 12.9. The third kappa shape index (κ3) is 3.92. The summed E-state index contributed by atoms with van der Waals surface area (Å²) in [5.74, 6) is 0.913. The fourth-order valence-corrected chi connectivity index (χ4v) is 3.82. The van der Waals surface area contributed by atoms with Gasteiger partial charge in [0.1, 0.15) is 5.75 Å². The first-order valence-electron chi connectivity index (χ1n) is 9.51. The van der Waals surface area contributed by atoms with Crippen LogP contribution in [0.2, 0.25) is 0 Å². The van der Waals surface area contributed by atoms with E-state index in [1.807, 2.05) is 48.5 Å². The van der Waals surface area contributed by atoms with Crippen LogP contribution in [0.25, 0.3) is 0 Å². The van der Waals surface area contributed by atoms with Gasteiger partial charge in [-0.2, -0.15) is 0 Å². The molecule has 0 aromatic heterocycles. The molecule has 1 N–H and O–H groups in total. The van der Waals surface area contributed by atoms with Gasteiger partial charge in [0.25, 0.3) is 0 Å². The maximum Gasteiger partial charge on any atom is 0.234 e. The summed E-state index contributed by atoms with van der Waals surface area (Å²) < 4.78 is 5.46. The van der Waals surface area contributed by atoms with Crippen molar-refractivity contribution in [2.75, 3.05) is 13.7 Å². The highest BCUT2D eigenvalue weighted by Crippen LogP contribution is 2.30. The molecule has 0 aliphatic carbocycles. The summed E-state index contributed by atoms with van der Waals surface area (Å²) in [5.41, 5.74) is 4.57. The molecule has 0 bridgehead atoms. The van der Waals surface area contributed by atoms with Crippen molar-refractivity contribution in [3.05, 3.63) is 101 Å². The van der Waals surface area contributed by atoms with Crippen LogP contribution in [-0.2, 0) is 17.9 Å². The van der Waals surface area contributed by atoms with Crippen molar-refractivity contribution in [3.63, 3.8) is 0 Å². The number of amides is 1. The second-order valence-corrected chi connectivity index (χ2v) is 7.07. The Morgan fingerprint density at radius 1 is 0.929 bits per heavy atom. The van der Waals surface area contributed by atoms with Crippen LogP contribution >= 0.6 is 0 Å². The Hall–Kier alpha value is -3.11. The quantitative estimate of drug-likeness (QED) is 0.713. The third-order valence-electron chi connectivity index (χ3n) is 5.16. The van der Waals surface area contributed by atoms with Gasteiger partial charge in [-0.25, -0.2) is 0 Å². The maximum absolute atomic E-state index is 12.9. The number of nitrogens with zero attached hydrogens (tertiary/aromatic N) is 1. The molecular formula is C24H24N2O2. The lowest BCUT2D eigenvalue weighted by molar-refractivity contribution is -0.122. The molecule has 0 spiro atoms. The molecule has 1 aliphatic rings. The smallest absolute Gasteiger partial charge is 0.234 e. The van der Waals surface area contributed by atoms with E-state index >= 15 is 0 Å². The van der Waals surface area contributed by atoms with Gasteiger partial charge < -0.3 is 10.1 Å².